The lowest BCUT2D eigenvalue weighted by atomic mass is 10.2. The summed E-state index contributed by atoms with van der Waals surface area (Å²) >= 11 is 6.10. The van der Waals surface area contributed by atoms with Crippen LogP contribution in [0.15, 0.2) is 23.1 Å². The first kappa shape index (κ1) is 19.2. The first-order valence-corrected chi connectivity index (χ1v) is 9.90. The van der Waals surface area contributed by atoms with Crippen molar-refractivity contribution < 1.29 is 18.3 Å². The summed E-state index contributed by atoms with van der Waals surface area (Å²) in [7, 11) is -3.73. The highest BCUT2D eigenvalue weighted by Crippen LogP contribution is 2.27. The maximum absolute atomic E-state index is 12.9. The predicted molar refractivity (Wildman–Crippen MR) is 92.7 cm³/mol. The number of amides is 1. The Kier molecular flexibility index (Phi) is 6.62. The molecule has 0 radical (unpaired) electrons. The number of aliphatic hydroxyl groups is 1. The molecular weight excluding hydrogens is 352 g/mol. The van der Waals surface area contributed by atoms with Gasteiger partial charge in [-0.1, -0.05) is 24.4 Å². The lowest BCUT2D eigenvalue weighted by Gasteiger charge is -2.21. The van der Waals surface area contributed by atoms with Crippen LogP contribution in [0.2, 0.25) is 5.02 Å². The van der Waals surface area contributed by atoms with E-state index in [9.17, 15) is 18.3 Å². The number of nitrogens with zero attached hydrogens (tertiary/aromatic N) is 1. The largest absolute Gasteiger partial charge is 0.392 e. The summed E-state index contributed by atoms with van der Waals surface area (Å²) in [5.41, 5.74) is 0.202. The first-order chi connectivity index (χ1) is 11.3. The van der Waals surface area contributed by atoms with E-state index in [0.29, 0.717) is 13.1 Å². The number of rotatable bonds is 5. The Morgan fingerprint density at radius 2 is 1.92 bits per heavy atom. The van der Waals surface area contributed by atoms with Crippen LogP contribution in [-0.4, -0.2) is 49.5 Å². The molecule has 0 aliphatic carbocycles. The molecule has 0 bridgehead atoms. The number of carbonyl (C=O) groups is 1. The summed E-state index contributed by atoms with van der Waals surface area (Å²) < 4.78 is 27.2. The molecule has 0 aromatic heterocycles. The summed E-state index contributed by atoms with van der Waals surface area (Å²) in [5, 5.41) is 11.9. The van der Waals surface area contributed by atoms with E-state index in [1.54, 1.807) is 6.92 Å². The SMILES string of the molecule is CC(O)CNC(=O)c1ccc(Cl)c(S(=O)(=O)N2CCCCCC2)c1. The molecule has 1 heterocycles. The van der Waals surface area contributed by atoms with Gasteiger partial charge in [0.1, 0.15) is 4.90 Å². The molecule has 1 fully saturated rings. The van der Waals surface area contributed by atoms with E-state index in [4.69, 9.17) is 11.6 Å². The summed E-state index contributed by atoms with van der Waals surface area (Å²) in [6.45, 7) is 2.58. The molecule has 1 atom stereocenters. The van der Waals surface area contributed by atoms with E-state index in [1.165, 1.54) is 22.5 Å². The third kappa shape index (κ3) is 4.69. The van der Waals surface area contributed by atoms with Crippen LogP contribution in [-0.2, 0) is 10.0 Å². The molecular formula is C16H23ClN2O4S. The normalized spacial score (nSPS) is 18.0. The van der Waals surface area contributed by atoms with E-state index in [2.05, 4.69) is 5.32 Å². The van der Waals surface area contributed by atoms with Gasteiger partial charge >= 0.3 is 0 Å². The van der Waals surface area contributed by atoms with E-state index in [0.717, 1.165) is 25.7 Å². The van der Waals surface area contributed by atoms with Crippen molar-refractivity contribution in [1.82, 2.24) is 9.62 Å². The van der Waals surface area contributed by atoms with Crippen molar-refractivity contribution in [3.63, 3.8) is 0 Å². The van der Waals surface area contributed by atoms with Gasteiger partial charge in [-0.05, 0) is 38.0 Å². The molecule has 2 rings (SSSR count). The zero-order valence-electron chi connectivity index (χ0n) is 13.7. The fraction of sp³-hybridized carbons (Fsp3) is 0.562. The average Bonchev–Trinajstić information content (AvgIpc) is 2.82. The molecule has 1 amide bonds. The molecule has 24 heavy (non-hydrogen) atoms. The minimum atomic E-state index is -3.73. The molecule has 2 N–H and O–H groups in total. The van der Waals surface area contributed by atoms with E-state index >= 15 is 0 Å². The lowest BCUT2D eigenvalue weighted by molar-refractivity contribution is 0.0924. The quantitative estimate of drug-likeness (QED) is 0.825. The van der Waals surface area contributed by atoms with Crippen LogP contribution in [0.25, 0.3) is 0 Å². The Bertz CT molecular complexity index is 683. The molecule has 134 valence electrons. The van der Waals surface area contributed by atoms with Gasteiger partial charge in [0.25, 0.3) is 5.91 Å². The molecule has 0 spiro atoms. The number of sulfonamides is 1. The van der Waals surface area contributed by atoms with Crippen LogP contribution in [0.5, 0.6) is 0 Å². The fourth-order valence-corrected chi connectivity index (χ4v) is 4.62. The zero-order valence-corrected chi connectivity index (χ0v) is 15.2. The minimum absolute atomic E-state index is 0.0456. The summed E-state index contributed by atoms with van der Waals surface area (Å²) in [5.74, 6) is -0.445. The fourth-order valence-electron chi connectivity index (χ4n) is 2.61. The average molecular weight is 375 g/mol. The maximum Gasteiger partial charge on any atom is 0.251 e. The Balaban J connectivity index is 2.28. The van der Waals surface area contributed by atoms with Gasteiger partial charge in [0, 0.05) is 25.2 Å². The molecule has 1 aromatic rings. The number of halogens is 1. The van der Waals surface area contributed by atoms with Gasteiger partial charge in [-0.25, -0.2) is 8.42 Å². The van der Waals surface area contributed by atoms with Crippen LogP contribution in [0.1, 0.15) is 43.0 Å². The van der Waals surface area contributed by atoms with E-state index in [1.807, 2.05) is 0 Å². The number of benzene rings is 1. The van der Waals surface area contributed by atoms with Crippen LogP contribution >= 0.6 is 11.6 Å². The van der Waals surface area contributed by atoms with E-state index in [-0.39, 0.29) is 22.0 Å². The van der Waals surface area contributed by atoms with Crippen molar-refractivity contribution in [2.24, 2.45) is 0 Å². The van der Waals surface area contributed by atoms with Gasteiger partial charge < -0.3 is 10.4 Å². The smallest absolute Gasteiger partial charge is 0.251 e. The second-order valence-corrected chi connectivity index (χ2v) is 8.34. The van der Waals surface area contributed by atoms with Crippen LogP contribution < -0.4 is 5.32 Å². The van der Waals surface area contributed by atoms with Gasteiger partial charge in [0.15, 0.2) is 0 Å². The Morgan fingerprint density at radius 3 is 2.50 bits per heavy atom. The van der Waals surface area contributed by atoms with Gasteiger partial charge in [0.2, 0.25) is 10.0 Å². The van der Waals surface area contributed by atoms with Crippen molar-refractivity contribution in [1.29, 1.82) is 0 Å². The molecule has 1 saturated heterocycles. The van der Waals surface area contributed by atoms with Crippen molar-refractivity contribution in [3.8, 4) is 0 Å². The highest BCUT2D eigenvalue weighted by molar-refractivity contribution is 7.89. The Hall–Kier alpha value is -1.15. The van der Waals surface area contributed by atoms with Crippen molar-refractivity contribution in [2.75, 3.05) is 19.6 Å². The third-order valence-corrected chi connectivity index (χ3v) is 6.31. The molecule has 1 aliphatic heterocycles. The topological polar surface area (TPSA) is 86.7 Å². The van der Waals surface area contributed by atoms with Gasteiger partial charge in [-0.15, -0.1) is 0 Å². The molecule has 1 unspecified atom stereocenters. The lowest BCUT2D eigenvalue weighted by Crippen LogP contribution is -2.33. The third-order valence-electron chi connectivity index (χ3n) is 3.93. The monoisotopic (exact) mass is 374 g/mol. The number of nitrogens with one attached hydrogen (secondary N) is 1. The van der Waals surface area contributed by atoms with Gasteiger partial charge in [-0.2, -0.15) is 4.31 Å². The first-order valence-electron chi connectivity index (χ1n) is 8.08. The molecule has 1 aromatic carbocycles. The van der Waals surface area contributed by atoms with E-state index < -0.39 is 22.0 Å². The highest BCUT2D eigenvalue weighted by atomic mass is 35.5. The van der Waals surface area contributed by atoms with Crippen molar-refractivity contribution in [3.05, 3.63) is 28.8 Å². The van der Waals surface area contributed by atoms with Crippen LogP contribution in [0.4, 0.5) is 0 Å². The summed E-state index contributed by atoms with van der Waals surface area (Å²) in [6.07, 6.45) is 3.00. The van der Waals surface area contributed by atoms with Crippen LogP contribution in [0, 0.1) is 0 Å². The van der Waals surface area contributed by atoms with Gasteiger partial charge in [0.05, 0.1) is 11.1 Å². The van der Waals surface area contributed by atoms with Crippen molar-refractivity contribution >= 4 is 27.5 Å². The Labute approximate surface area is 147 Å². The highest BCUT2D eigenvalue weighted by Gasteiger charge is 2.28. The summed E-state index contributed by atoms with van der Waals surface area (Å²) in [6, 6.07) is 4.20. The van der Waals surface area contributed by atoms with Crippen molar-refractivity contribution in [2.45, 2.75) is 43.6 Å². The minimum Gasteiger partial charge on any atom is -0.392 e. The number of carbonyl (C=O) groups excluding carboxylic acids is 1. The standard InChI is InChI=1S/C16H23ClN2O4S/c1-12(20)11-18-16(21)13-6-7-14(17)15(10-13)24(22,23)19-8-4-2-3-5-9-19/h6-7,10,12,20H,2-5,8-9,11H2,1H3,(H,18,21). The Morgan fingerprint density at radius 1 is 1.29 bits per heavy atom. The number of aliphatic hydroxyl groups excluding tert-OH is 1. The molecule has 1 aliphatic rings. The zero-order chi connectivity index (χ0) is 17.7. The van der Waals surface area contributed by atoms with Gasteiger partial charge in [-0.3, -0.25) is 4.79 Å². The second kappa shape index (κ2) is 8.29. The number of hydrogen-bond acceptors (Lipinski definition) is 4. The maximum atomic E-state index is 12.9. The second-order valence-electron chi connectivity index (χ2n) is 6.02. The molecule has 8 heteroatoms. The molecule has 6 nitrogen and oxygen atoms in total. The predicted octanol–water partition coefficient (Wildman–Crippen LogP) is 2.02. The summed E-state index contributed by atoms with van der Waals surface area (Å²) in [4.78, 5) is 12.1. The molecule has 0 saturated carbocycles. The number of hydrogen-bond donors (Lipinski definition) is 2. The van der Waals surface area contributed by atoms with Crippen LogP contribution in [0.3, 0.4) is 0 Å².